The minimum atomic E-state index is -0.334. The van der Waals surface area contributed by atoms with Crippen molar-refractivity contribution in [2.45, 2.75) is 6.42 Å². The highest BCUT2D eigenvalue weighted by molar-refractivity contribution is 5.93. The molecule has 1 fully saturated rings. The van der Waals surface area contributed by atoms with Gasteiger partial charge in [0.15, 0.2) is 0 Å². The van der Waals surface area contributed by atoms with E-state index in [0.717, 1.165) is 19.5 Å². The summed E-state index contributed by atoms with van der Waals surface area (Å²) < 4.78 is 1.37. The third-order valence-electron chi connectivity index (χ3n) is 2.79. The number of amides is 1. The van der Waals surface area contributed by atoms with Crippen LogP contribution in [0.4, 0.5) is 0 Å². The van der Waals surface area contributed by atoms with Gasteiger partial charge >= 0.3 is 5.69 Å². The first kappa shape index (κ1) is 9.14. The number of H-pyrrole nitrogens is 1. The summed E-state index contributed by atoms with van der Waals surface area (Å²) in [5, 5.41) is 0. The Hall–Kier alpha value is -2.11. The average molecular weight is 218 g/mol. The van der Waals surface area contributed by atoms with Crippen LogP contribution in [0.1, 0.15) is 16.9 Å². The zero-order chi connectivity index (χ0) is 11.1. The Balaban J connectivity index is 2.09. The van der Waals surface area contributed by atoms with Crippen LogP contribution in [0.25, 0.3) is 5.52 Å². The molecule has 1 amide bonds. The molecule has 3 heterocycles. The molecule has 82 valence electrons. The number of hydrogen-bond donors (Lipinski definition) is 1. The summed E-state index contributed by atoms with van der Waals surface area (Å²) in [6, 6.07) is 1.65. The standard InChI is InChI=1S/C10H10N4O2/c15-9(13-2-1-3-13)8-4-7-5-11-6-14(7)10(16)12-8/h4-6H,1-3H2,(H,12,16). The van der Waals surface area contributed by atoms with Gasteiger partial charge < -0.3 is 9.88 Å². The highest BCUT2D eigenvalue weighted by Gasteiger charge is 2.22. The number of carbonyl (C=O) groups is 1. The van der Waals surface area contributed by atoms with Crippen molar-refractivity contribution in [3.63, 3.8) is 0 Å². The van der Waals surface area contributed by atoms with E-state index in [0.29, 0.717) is 11.2 Å². The average Bonchev–Trinajstić information content (AvgIpc) is 2.63. The summed E-state index contributed by atoms with van der Waals surface area (Å²) in [7, 11) is 0. The van der Waals surface area contributed by atoms with Crippen molar-refractivity contribution >= 4 is 11.4 Å². The molecule has 0 unspecified atom stereocenters. The van der Waals surface area contributed by atoms with E-state index in [1.807, 2.05) is 0 Å². The fraction of sp³-hybridized carbons (Fsp3) is 0.300. The lowest BCUT2D eigenvalue weighted by Gasteiger charge is -2.30. The van der Waals surface area contributed by atoms with Crippen LogP contribution in [0.15, 0.2) is 23.4 Å². The molecular formula is C10H10N4O2. The summed E-state index contributed by atoms with van der Waals surface area (Å²) in [6.07, 6.45) is 4.01. The molecule has 6 nitrogen and oxygen atoms in total. The van der Waals surface area contributed by atoms with E-state index in [4.69, 9.17) is 0 Å². The molecule has 0 aliphatic carbocycles. The van der Waals surface area contributed by atoms with E-state index < -0.39 is 0 Å². The van der Waals surface area contributed by atoms with Crippen molar-refractivity contribution in [2.75, 3.05) is 13.1 Å². The maximum atomic E-state index is 11.9. The lowest BCUT2D eigenvalue weighted by atomic mass is 10.2. The molecule has 0 aromatic carbocycles. The molecule has 1 N–H and O–H groups in total. The van der Waals surface area contributed by atoms with Crippen LogP contribution < -0.4 is 5.69 Å². The number of nitrogens with one attached hydrogen (secondary N) is 1. The number of fused-ring (bicyclic) bond motifs is 1. The Morgan fingerprint density at radius 3 is 2.94 bits per heavy atom. The maximum Gasteiger partial charge on any atom is 0.331 e. The van der Waals surface area contributed by atoms with E-state index in [1.54, 1.807) is 17.2 Å². The number of rotatable bonds is 1. The second kappa shape index (κ2) is 3.19. The number of imidazole rings is 1. The number of hydrogen-bond acceptors (Lipinski definition) is 3. The Labute approximate surface area is 90.5 Å². The van der Waals surface area contributed by atoms with Crippen LogP contribution in [0.2, 0.25) is 0 Å². The van der Waals surface area contributed by atoms with Crippen LogP contribution in [0.5, 0.6) is 0 Å². The van der Waals surface area contributed by atoms with Crippen molar-refractivity contribution in [2.24, 2.45) is 0 Å². The first-order valence-electron chi connectivity index (χ1n) is 5.10. The Bertz CT molecular complexity index is 609. The van der Waals surface area contributed by atoms with Crippen LogP contribution in [-0.4, -0.2) is 38.3 Å². The number of aromatic nitrogens is 3. The van der Waals surface area contributed by atoms with Crippen LogP contribution in [0.3, 0.4) is 0 Å². The smallest absolute Gasteiger partial charge is 0.331 e. The first-order chi connectivity index (χ1) is 7.75. The third kappa shape index (κ3) is 1.23. The maximum absolute atomic E-state index is 11.9. The molecule has 0 atom stereocenters. The molecule has 1 saturated heterocycles. The van der Waals surface area contributed by atoms with E-state index in [-0.39, 0.29) is 11.6 Å². The quantitative estimate of drug-likeness (QED) is 0.724. The molecule has 0 radical (unpaired) electrons. The van der Waals surface area contributed by atoms with Crippen molar-refractivity contribution in [1.82, 2.24) is 19.3 Å². The second-order valence-corrected chi connectivity index (χ2v) is 3.82. The second-order valence-electron chi connectivity index (χ2n) is 3.82. The number of nitrogens with zero attached hydrogens (tertiary/aromatic N) is 3. The van der Waals surface area contributed by atoms with Crippen molar-refractivity contribution in [3.8, 4) is 0 Å². The molecule has 0 bridgehead atoms. The van der Waals surface area contributed by atoms with Gasteiger partial charge in [-0.05, 0) is 12.5 Å². The number of likely N-dealkylation sites (tertiary alicyclic amines) is 1. The van der Waals surface area contributed by atoms with Gasteiger partial charge in [-0.25, -0.2) is 9.78 Å². The zero-order valence-corrected chi connectivity index (χ0v) is 8.51. The molecule has 2 aromatic rings. The van der Waals surface area contributed by atoms with Crippen molar-refractivity contribution in [3.05, 3.63) is 34.8 Å². The Morgan fingerprint density at radius 1 is 1.44 bits per heavy atom. The molecule has 0 saturated carbocycles. The molecule has 16 heavy (non-hydrogen) atoms. The predicted molar refractivity (Wildman–Crippen MR) is 56.3 cm³/mol. The fourth-order valence-corrected chi connectivity index (χ4v) is 1.75. The molecule has 0 spiro atoms. The SMILES string of the molecule is O=C(c1cc2cncn2c(=O)[nH]1)N1CCC1. The highest BCUT2D eigenvalue weighted by atomic mass is 16.2. The van der Waals surface area contributed by atoms with Gasteiger partial charge in [-0.2, -0.15) is 0 Å². The van der Waals surface area contributed by atoms with Crippen LogP contribution >= 0.6 is 0 Å². The monoisotopic (exact) mass is 218 g/mol. The molecule has 6 heteroatoms. The summed E-state index contributed by atoms with van der Waals surface area (Å²) in [4.78, 5) is 31.6. The van der Waals surface area contributed by atoms with Crippen LogP contribution in [-0.2, 0) is 0 Å². The molecule has 2 aromatic heterocycles. The van der Waals surface area contributed by atoms with Gasteiger partial charge in [-0.15, -0.1) is 0 Å². The van der Waals surface area contributed by atoms with Gasteiger partial charge in [0.25, 0.3) is 5.91 Å². The topological polar surface area (TPSA) is 70.5 Å². The van der Waals surface area contributed by atoms with Gasteiger partial charge in [0.1, 0.15) is 12.0 Å². The largest absolute Gasteiger partial charge is 0.337 e. The minimum absolute atomic E-state index is 0.118. The predicted octanol–water partition coefficient (Wildman–Crippen LogP) is -0.132. The summed E-state index contributed by atoms with van der Waals surface area (Å²) in [5.41, 5.74) is 0.629. The first-order valence-corrected chi connectivity index (χ1v) is 5.10. The minimum Gasteiger partial charge on any atom is -0.337 e. The fourth-order valence-electron chi connectivity index (χ4n) is 1.75. The Kier molecular flexibility index (Phi) is 1.82. The molecular weight excluding hydrogens is 208 g/mol. The van der Waals surface area contributed by atoms with Gasteiger partial charge in [0.05, 0.1) is 11.7 Å². The summed E-state index contributed by atoms with van der Waals surface area (Å²) >= 11 is 0. The lowest BCUT2D eigenvalue weighted by Crippen LogP contribution is -2.43. The Morgan fingerprint density at radius 2 is 2.25 bits per heavy atom. The van der Waals surface area contributed by atoms with Gasteiger partial charge in [-0.1, -0.05) is 0 Å². The number of carbonyl (C=O) groups excluding carboxylic acids is 1. The van der Waals surface area contributed by atoms with Gasteiger partial charge in [-0.3, -0.25) is 9.20 Å². The molecule has 3 rings (SSSR count). The van der Waals surface area contributed by atoms with E-state index in [1.165, 1.54) is 10.7 Å². The van der Waals surface area contributed by atoms with E-state index in [2.05, 4.69) is 9.97 Å². The zero-order valence-electron chi connectivity index (χ0n) is 8.51. The van der Waals surface area contributed by atoms with Gasteiger partial charge in [0.2, 0.25) is 0 Å². The number of aromatic amines is 1. The van der Waals surface area contributed by atoms with Crippen LogP contribution in [0, 0.1) is 0 Å². The van der Waals surface area contributed by atoms with Crippen molar-refractivity contribution in [1.29, 1.82) is 0 Å². The highest BCUT2D eigenvalue weighted by Crippen LogP contribution is 2.11. The van der Waals surface area contributed by atoms with Crippen molar-refractivity contribution < 1.29 is 4.79 Å². The summed E-state index contributed by atoms with van der Waals surface area (Å²) in [5.74, 6) is -0.118. The van der Waals surface area contributed by atoms with E-state index in [9.17, 15) is 9.59 Å². The van der Waals surface area contributed by atoms with Gasteiger partial charge in [0, 0.05) is 13.1 Å². The summed E-state index contributed by atoms with van der Waals surface area (Å²) in [6.45, 7) is 1.54. The normalized spacial score (nSPS) is 15.1. The third-order valence-corrected chi connectivity index (χ3v) is 2.79. The molecule has 1 aliphatic rings. The lowest BCUT2D eigenvalue weighted by molar-refractivity contribution is 0.0645. The molecule has 1 aliphatic heterocycles. The van der Waals surface area contributed by atoms with E-state index >= 15 is 0 Å².